The van der Waals surface area contributed by atoms with Crippen LogP contribution in [-0.2, 0) is 11.3 Å². The predicted octanol–water partition coefficient (Wildman–Crippen LogP) is 3.20. The van der Waals surface area contributed by atoms with Gasteiger partial charge < -0.3 is 24.3 Å². The topological polar surface area (TPSA) is 81.3 Å². The molecule has 3 heterocycles. The first-order chi connectivity index (χ1) is 16.0. The normalized spacial score (nSPS) is 18.5. The second-order valence-corrected chi connectivity index (χ2v) is 8.40. The van der Waals surface area contributed by atoms with E-state index in [4.69, 9.17) is 4.74 Å². The monoisotopic (exact) mass is 448 g/mol. The van der Waals surface area contributed by atoms with Gasteiger partial charge >= 0.3 is 0 Å². The van der Waals surface area contributed by atoms with Crippen molar-refractivity contribution in [2.24, 2.45) is 0 Å². The van der Waals surface area contributed by atoms with Crippen LogP contribution in [0.5, 0.6) is 0 Å². The van der Waals surface area contributed by atoms with Crippen LogP contribution in [0, 0.1) is 12.7 Å². The number of fused-ring (bicyclic) bond motifs is 1. The summed E-state index contributed by atoms with van der Waals surface area (Å²) in [5.74, 6) is -0.852. The summed E-state index contributed by atoms with van der Waals surface area (Å²) in [6.45, 7) is 3.07. The molecule has 170 valence electrons. The largest absolute Gasteiger partial charge is 0.389 e. The maximum Gasteiger partial charge on any atom is 0.253 e. The Morgan fingerprint density at radius 2 is 2.06 bits per heavy atom. The standard InChI is InChI=1S/C25H25FN4O3/c1-16-11-30(15-27-16)18-7-5-17(6-8-18)12-29-13-19(24-20(26)3-2-4-22(24)29)25(32)28-21-9-10-33-14-23(21)31/h2-8,11,13,15,21,23,31H,9-10,12,14H2,1H3,(H,28,32). The molecule has 1 aliphatic heterocycles. The van der Waals surface area contributed by atoms with Gasteiger partial charge in [0.2, 0.25) is 0 Å². The quantitative estimate of drug-likeness (QED) is 0.491. The molecular formula is C25H25FN4O3. The van der Waals surface area contributed by atoms with Gasteiger partial charge in [0.25, 0.3) is 5.91 Å². The van der Waals surface area contributed by atoms with Crippen molar-refractivity contribution in [2.45, 2.75) is 32.0 Å². The van der Waals surface area contributed by atoms with E-state index >= 15 is 0 Å². The van der Waals surface area contributed by atoms with E-state index in [-0.39, 0.29) is 17.6 Å². The van der Waals surface area contributed by atoms with Crippen molar-refractivity contribution in [3.63, 3.8) is 0 Å². The molecular weight excluding hydrogens is 423 g/mol. The SMILES string of the molecule is Cc1cn(-c2ccc(Cn3cc(C(=O)NC4CCOCC4O)c4c(F)cccc43)cc2)cn1. The van der Waals surface area contributed by atoms with Crippen LogP contribution in [0.2, 0.25) is 0 Å². The summed E-state index contributed by atoms with van der Waals surface area (Å²) in [6, 6.07) is 12.4. The molecule has 0 radical (unpaired) electrons. The first kappa shape index (κ1) is 21.4. The molecule has 2 unspecified atom stereocenters. The molecule has 0 aliphatic carbocycles. The summed E-state index contributed by atoms with van der Waals surface area (Å²) >= 11 is 0. The van der Waals surface area contributed by atoms with Crippen molar-refractivity contribution >= 4 is 16.8 Å². The molecule has 1 aliphatic rings. The van der Waals surface area contributed by atoms with Crippen LogP contribution in [0.4, 0.5) is 4.39 Å². The molecule has 5 rings (SSSR count). The van der Waals surface area contributed by atoms with E-state index in [1.165, 1.54) is 6.07 Å². The van der Waals surface area contributed by atoms with E-state index in [0.29, 0.717) is 25.1 Å². The summed E-state index contributed by atoms with van der Waals surface area (Å²) in [5.41, 5.74) is 3.86. The molecule has 1 saturated heterocycles. The minimum Gasteiger partial charge on any atom is -0.389 e. The number of amides is 1. The van der Waals surface area contributed by atoms with Gasteiger partial charge in [-0.3, -0.25) is 4.79 Å². The summed E-state index contributed by atoms with van der Waals surface area (Å²) < 4.78 is 23.8. The molecule has 2 atom stereocenters. The van der Waals surface area contributed by atoms with E-state index in [9.17, 15) is 14.3 Å². The lowest BCUT2D eigenvalue weighted by molar-refractivity contribution is -0.0260. The highest BCUT2D eigenvalue weighted by molar-refractivity contribution is 6.07. The van der Waals surface area contributed by atoms with Gasteiger partial charge in [0.05, 0.1) is 41.9 Å². The first-order valence-electron chi connectivity index (χ1n) is 10.9. The fourth-order valence-corrected chi connectivity index (χ4v) is 4.28. The highest BCUT2D eigenvalue weighted by Gasteiger charge is 2.27. The number of imidazole rings is 1. The van der Waals surface area contributed by atoms with Gasteiger partial charge in [0.15, 0.2) is 0 Å². The molecule has 2 aromatic carbocycles. The van der Waals surface area contributed by atoms with Crippen molar-refractivity contribution in [3.05, 3.63) is 83.8 Å². The van der Waals surface area contributed by atoms with Crippen LogP contribution in [-0.4, -0.2) is 50.5 Å². The molecule has 1 amide bonds. The maximum atomic E-state index is 14.8. The van der Waals surface area contributed by atoms with E-state index < -0.39 is 23.9 Å². The van der Waals surface area contributed by atoms with Gasteiger partial charge in [-0.2, -0.15) is 0 Å². The van der Waals surface area contributed by atoms with E-state index in [2.05, 4.69) is 10.3 Å². The van der Waals surface area contributed by atoms with Gasteiger partial charge in [-0.15, -0.1) is 0 Å². The number of aliphatic hydroxyl groups is 1. The lowest BCUT2D eigenvalue weighted by Crippen LogP contribution is -2.48. The Labute approximate surface area is 190 Å². The molecule has 2 aromatic heterocycles. The van der Waals surface area contributed by atoms with Gasteiger partial charge in [-0.25, -0.2) is 9.37 Å². The average molecular weight is 448 g/mol. The van der Waals surface area contributed by atoms with Crippen LogP contribution in [0.25, 0.3) is 16.6 Å². The molecule has 0 saturated carbocycles. The number of hydrogen-bond acceptors (Lipinski definition) is 4. The highest BCUT2D eigenvalue weighted by Crippen LogP contribution is 2.26. The minimum atomic E-state index is -0.779. The minimum absolute atomic E-state index is 0.176. The van der Waals surface area contributed by atoms with Gasteiger partial charge in [-0.05, 0) is 43.2 Å². The summed E-state index contributed by atoms with van der Waals surface area (Å²) in [5, 5.41) is 13.2. The van der Waals surface area contributed by atoms with Crippen molar-refractivity contribution in [2.75, 3.05) is 13.2 Å². The van der Waals surface area contributed by atoms with Crippen LogP contribution in [0.1, 0.15) is 28.0 Å². The van der Waals surface area contributed by atoms with Crippen LogP contribution >= 0.6 is 0 Å². The van der Waals surface area contributed by atoms with E-state index in [1.807, 2.05) is 46.5 Å². The molecule has 8 heteroatoms. The van der Waals surface area contributed by atoms with E-state index in [0.717, 1.165) is 16.9 Å². The number of nitrogens with one attached hydrogen (secondary N) is 1. The summed E-state index contributed by atoms with van der Waals surface area (Å²) in [7, 11) is 0. The number of halogens is 1. The second kappa shape index (κ2) is 8.80. The Hall–Kier alpha value is -3.49. The van der Waals surface area contributed by atoms with Gasteiger partial charge in [0, 0.05) is 36.6 Å². The molecule has 0 spiro atoms. The molecule has 33 heavy (non-hydrogen) atoms. The number of aliphatic hydroxyl groups excluding tert-OH is 1. The Bertz CT molecular complexity index is 1290. The third kappa shape index (κ3) is 4.27. The van der Waals surface area contributed by atoms with Crippen LogP contribution < -0.4 is 5.32 Å². The molecule has 0 bridgehead atoms. The second-order valence-electron chi connectivity index (χ2n) is 8.40. The van der Waals surface area contributed by atoms with E-state index in [1.54, 1.807) is 24.7 Å². The van der Waals surface area contributed by atoms with Gasteiger partial charge in [0.1, 0.15) is 5.82 Å². The number of hydrogen-bond donors (Lipinski definition) is 2. The molecule has 4 aromatic rings. The number of aryl methyl sites for hydroxylation is 1. The summed E-state index contributed by atoms with van der Waals surface area (Å²) in [6.07, 6.45) is 5.14. The Morgan fingerprint density at radius 3 is 2.79 bits per heavy atom. The number of nitrogens with zero attached hydrogens (tertiary/aromatic N) is 3. The average Bonchev–Trinajstić information content (AvgIpc) is 3.41. The number of ether oxygens (including phenoxy) is 1. The van der Waals surface area contributed by atoms with Crippen molar-refractivity contribution in [3.8, 4) is 5.69 Å². The number of carbonyl (C=O) groups is 1. The lowest BCUT2D eigenvalue weighted by atomic mass is 10.1. The maximum absolute atomic E-state index is 14.8. The van der Waals surface area contributed by atoms with Crippen LogP contribution in [0.15, 0.2) is 61.2 Å². The Morgan fingerprint density at radius 1 is 1.24 bits per heavy atom. The predicted molar refractivity (Wildman–Crippen MR) is 122 cm³/mol. The number of aromatic nitrogens is 3. The number of carbonyl (C=O) groups excluding carboxylic acids is 1. The fraction of sp³-hybridized carbons (Fsp3) is 0.280. The zero-order valence-corrected chi connectivity index (χ0v) is 18.2. The smallest absolute Gasteiger partial charge is 0.253 e. The third-order valence-corrected chi connectivity index (χ3v) is 6.04. The zero-order chi connectivity index (χ0) is 22.9. The van der Waals surface area contributed by atoms with Crippen molar-refractivity contribution in [1.82, 2.24) is 19.4 Å². The Balaban J connectivity index is 1.43. The van der Waals surface area contributed by atoms with Gasteiger partial charge in [-0.1, -0.05) is 18.2 Å². The number of rotatable bonds is 5. The van der Waals surface area contributed by atoms with Crippen LogP contribution in [0.3, 0.4) is 0 Å². The summed E-state index contributed by atoms with van der Waals surface area (Å²) in [4.78, 5) is 17.3. The Kier molecular flexibility index (Phi) is 5.70. The lowest BCUT2D eigenvalue weighted by Gasteiger charge is -2.28. The highest BCUT2D eigenvalue weighted by atomic mass is 19.1. The van der Waals surface area contributed by atoms with Crippen molar-refractivity contribution < 1.29 is 19.0 Å². The first-order valence-corrected chi connectivity index (χ1v) is 10.9. The zero-order valence-electron chi connectivity index (χ0n) is 18.2. The third-order valence-electron chi connectivity index (χ3n) is 6.04. The molecule has 2 N–H and O–H groups in total. The number of benzene rings is 2. The fourth-order valence-electron chi connectivity index (χ4n) is 4.28. The molecule has 7 nitrogen and oxygen atoms in total. The van der Waals surface area contributed by atoms with Crippen molar-refractivity contribution in [1.29, 1.82) is 0 Å². The molecule has 1 fully saturated rings.